The summed E-state index contributed by atoms with van der Waals surface area (Å²) in [7, 11) is -5.49. The zero-order valence-corrected chi connectivity index (χ0v) is 40.0. The van der Waals surface area contributed by atoms with Crippen LogP contribution in [0.5, 0.6) is 0 Å². The second kappa shape index (κ2) is 33.6. The average molecular weight is 953 g/mol. The van der Waals surface area contributed by atoms with Crippen LogP contribution in [-0.2, 0) is 37.5 Å². The summed E-state index contributed by atoms with van der Waals surface area (Å²) >= 11 is 0. The maximum Gasteiger partial charge on any atom is 0.472 e. The van der Waals surface area contributed by atoms with Gasteiger partial charge in [0.2, 0.25) is 0 Å². The van der Waals surface area contributed by atoms with Crippen LogP contribution in [0.25, 0.3) is 0 Å². The molecule has 2 fully saturated rings. The van der Waals surface area contributed by atoms with Gasteiger partial charge in [-0.1, -0.05) is 135 Å². The summed E-state index contributed by atoms with van der Waals surface area (Å²) in [4.78, 5) is 49.7. The van der Waals surface area contributed by atoms with Crippen molar-refractivity contribution < 1.29 is 83.2 Å². The van der Waals surface area contributed by atoms with Crippen molar-refractivity contribution in [2.24, 2.45) is 11.8 Å². The Labute approximate surface area is 386 Å². The summed E-state index contributed by atoms with van der Waals surface area (Å²) in [5, 5.41) is 90.1. The zero-order valence-electron chi connectivity index (χ0n) is 39.1. The molecule has 380 valence electrons. The predicted octanol–water partition coefficient (Wildman–Crippen LogP) is 5.40. The molecule has 0 spiro atoms. The maximum atomic E-state index is 13.5. The van der Waals surface area contributed by atoms with Crippen LogP contribution < -0.4 is 0 Å². The Bertz CT molecular complexity index is 1380. The molecule has 1 aliphatic heterocycles. The molecule has 65 heavy (non-hydrogen) atoms. The molecule has 9 N–H and O–H groups in total. The molecule has 1 unspecified atom stereocenters. The molecule has 0 aromatic rings. The van der Waals surface area contributed by atoms with Gasteiger partial charge in [-0.15, -0.1) is 0 Å². The largest absolute Gasteiger partial charge is 0.472 e. The smallest absolute Gasteiger partial charge is 0.462 e. The van der Waals surface area contributed by atoms with Crippen LogP contribution in [0.3, 0.4) is 0 Å². The van der Waals surface area contributed by atoms with E-state index in [-0.39, 0.29) is 32.1 Å². The molecule has 1 saturated heterocycles. The molecule has 0 aromatic carbocycles. The van der Waals surface area contributed by atoms with E-state index in [2.05, 4.69) is 6.92 Å². The van der Waals surface area contributed by atoms with Crippen molar-refractivity contribution in [2.45, 2.75) is 242 Å². The van der Waals surface area contributed by atoms with Gasteiger partial charge in [0.1, 0.15) is 36.8 Å². The molecule has 0 amide bonds. The van der Waals surface area contributed by atoms with Crippen LogP contribution in [-0.4, -0.2) is 138 Å². The van der Waals surface area contributed by atoms with Crippen molar-refractivity contribution in [3.05, 3.63) is 12.2 Å². The highest BCUT2D eigenvalue weighted by Crippen LogP contribution is 2.47. The van der Waals surface area contributed by atoms with Crippen LogP contribution in [0.2, 0.25) is 0 Å². The Morgan fingerprint density at radius 1 is 0.708 bits per heavy atom. The highest BCUT2D eigenvalue weighted by atomic mass is 31.2. The van der Waals surface area contributed by atoms with Crippen LogP contribution in [0, 0.1) is 11.8 Å². The number of unbranched alkanes of at least 4 members (excludes halogenated alkanes) is 16. The topological polar surface area (TPSA) is 287 Å². The Kier molecular flexibility index (Phi) is 30.6. The lowest BCUT2D eigenvalue weighted by Crippen LogP contribution is -2.56. The minimum Gasteiger partial charge on any atom is -0.462 e. The van der Waals surface area contributed by atoms with E-state index in [4.69, 9.17) is 18.5 Å². The number of carbonyl (C=O) groups is 3. The fourth-order valence-electron chi connectivity index (χ4n) is 8.47. The number of cyclic esters (lactones) is 1. The van der Waals surface area contributed by atoms with Crippen molar-refractivity contribution in [1.82, 2.24) is 0 Å². The number of aliphatic hydroxyl groups excluding tert-OH is 8. The van der Waals surface area contributed by atoms with Gasteiger partial charge in [0.25, 0.3) is 0 Å². The molecule has 2 rings (SSSR count). The molecule has 0 radical (unpaired) electrons. The second-order valence-corrected chi connectivity index (χ2v) is 19.7. The van der Waals surface area contributed by atoms with E-state index in [0.29, 0.717) is 19.3 Å². The SMILES string of the molecule is CCCCCCCCCCCCCCCCCC(=O)O[C@@H]1COC(=O)CCCCC(=O)C[C@@H]2[C@@H](O)[C@H](O)[C@@H](O)[C@H](OP(=O)(O)OC1)[C@H](O)[C@H](O)[C@@H](C=C[C@@H](O)CCCCC)[C@H](O)C[C@@H]2O. The first kappa shape index (κ1) is 59.3. The van der Waals surface area contributed by atoms with Gasteiger partial charge in [0.15, 0.2) is 6.10 Å². The van der Waals surface area contributed by atoms with Gasteiger partial charge in [0.05, 0.1) is 37.1 Å². The number of phosphoric acid groups is 1. The lowest BCUT2D eigenvalue weighted by Gasteiger charge is -2.37. The number of hydrogen-bond donors (Lipinski definition) is 9. The van der Waals surface area contributed by atoms with Gasteiger partial charge in [0, 0.05) is 43.9 Å². The number of ether oxygens (including phenoxy) is 2. The van der Waals surface area contributed by atoms with E-state index in [0.717, 1.165) is 38.5 Å². The molecule has 0 aromatic heterocycles. The summed E-state index contributed by atoms with van der Waals surface area (Å²) in [5.41, 5.74) is 0. The number of esters is 2. The van der Waals surface area contributed by atoms with Crippen molar-refractivity contribution in [1.29, 1.82) is 0 Å². The van der Waals surface area contributed by atoms with Crippen molar-refractivity contribution in [3.63, 3.8) is 0 Å². The van der Waals surface area contributed by atoms with Crippen LogP contribution >= 0.6 is 7.82 Å². The Balaban J connectivity index is 2.21. The first-order valence-corrected chi connectivity index (χ1v) is 26.2. The Hall–Kier alpha value is -1.86. The quantitative estimate of drug-likeness (QED) is 0.0268. The highest BCUT2D eigenvalue weighted by molar-refractivity contribution is 7.47. The fourth-order valence-corrected chi connectivity index (χ4v) is 9.44. The summed E-state index contributed by atoms with van der Waals surface area (Å²) in [6.45, 7) is 2.73. The Morgan fingerprint density at radius 3 is 1.85 bits per heavy atom. The minimum absolute atomic E-state index is 0.00943. The van der Waals surface area contributed by atoms with Gasteiger partial charge >= 0.3 is 19.8 Å². The number of phosphoric ester groups is 1. The number of hydrogen-bond acceptors (Lipinski definition) is 16. The summed E-state index contributed by atoms with van der Waals surface area (Å²) in [5.74, 6) is -5.01. The standard InChI is InChI=1S/C47H85O17P/c1-3-5-7-8-9-10-11-12-13-14-15-16-17-18-20-26-41(53)63-35-31-61-40(52)25-22-21-24-34(49)29-37-39(51)30-38(50)36(28-27-33(48)23-19-6-4-2)42(54)45(57)47(46(58)44(56)43(37)55)64-65(59,60)62-32-35/h27-28,33,35-39,42-48,50-51,54-58H,3-26,29-32H2,1-2H3,(H,59,60)/t33-,35+,36-,37-,38+,39-,42+,43+,44-,45+,46+,47+/m0/s1. The van der Waals surface area contributed by atoms with E-state index in [1.165, 1.54) is 76.4 Å². The van der Waals surface area contributed by atoms with Gasteiger partial charge in [-0.2, -0.15) is 0 Å². The average Bonchev–Trinajstić information content (AvgIpc) is 3.27. The van der Waals surface area contributed by atoms with Crippen LogP contribution in [0.4, 0.5) is 0 Å². The Morgan fingerprint density at radius 2 is 1.25 bits per heavy atom. The minimum atomic E-state index is -5.49. The summed E-state index contributed by atoms with van der Waals surface area (Å²) in [6, 6.07) is 0. The molecule has 17 nitrogen and oxygen atoms in total. The first-order valence-electron chi connectivity index (χ1n) is 24.7. The molecule has 2 aliphatic rings. The molecule has 13 atom stereocenters. The molecule has 2 bridgehead atoms. The summed E-state index contributed by atoms with van der Waals surface area (Å²) < 4.78 is 34.7. The molecular weight excluding hydrogens is 867 g/mol. The number of carbonyl (C=O) groups excluding carboxylic acids is 3. The fraction of sp³-hybridized carbons (Fsp3) is 0.894. The van der Waals surface area contributed by atoms with Crippen molar-refractivity contribution in [2.75, 3.05) is 13.2 Å². The normalized spacial score (nSPS) is 32.3. The van der Waals surface area contributed by atoms with Crippen LogP contribution in [0.15, 0.2) is 12.2 Å². The molecule has 1 heterocycles. The van der Waals surface area contributed by atoms with E-state index in [1.54, 1.807) is 0 Å². The number of ketones is 1. The molecule has 18 heteroatoms. The molecule has 1 aliphatic carbocycles. The van der Waals surface area contributed by atoms with Crippen molar-refractivity contribution >= 4 is 25.5 Å². The van der Waals surface area contributed by atoms with Gasteiger partial charge < -0.3 is 55.2 Å². The summed E-state index contributed by atoms with van der Waals surface area (Å²) in [6.07, 6.45) is 1.16. The zero-order chi connectivity index (χ0) is 48.2. The maximum absolute atomic E-state index is 13.5. The predicted molar refractivity (Wildman–Crippen MR) is 242 cm³/mol. The third kappa shape index (κ3) is 24.3. The van der Waals surface area contributed by atoms with Gasteiger partial charge in [-0.25, -0.2) is 4.57 Å². The van der Waals surface area contributed by atoms with E-state index >= 15 is 0 Å². The molecular formula is C47H85O17P. The lowest BCUT2D eigenvalue weighted by atomic mass is 9.82. The third-order valence-electron chi connectivity index (χ3n) is 12.6. The lowest BCUT2D eigenvalue weighted by molar-refractivity contribution is -0.168. The molecule has 1 saturated carbocycles. The highest BCUT2D eigenvalue weighted by Gasteiger charge is 2.49. The number of fused-ring (bicyclic) bond motifs is 4. The van der Waals surface area contributed by atoms with Gasteiger partial charge in [-0.3, -0.25) is 23.4 Å². The van der Waals surface area contributed by atoms with E-state index < -0.39 is 124 Å². The third-order valence-corrected chi connectivity index (χ3v) is 13.6. The van der Waals surface area contributed by atoms with E-state index in [1.807, 2.05) is 6.92 Å². The van der Waals surface area contributed by atoms with Crippen LogP contribution in [0.1, 0.15) is 181 Å². The van der Waals surface area contributed by atoms with E-state index in [9.17, 15) is 64.7 Å². The first-order chi connectivity index (χ1) is 31.0. The second-order valence-electron chi connectivity index (χ2n) is 18.3. The number of Topliss-reactive ketones (excluding diaryl/α,β-unsaturated/α-hetero) is 1. The number of rotatable bonds is 23. The number of aliphatic hydroxyl groups is 8. The van der Waals surface area contributed by atoms with Crippen molar-refractivity contribution in [3.8, 4) is 0 Å². The monoisotopic (exact) mass is 953 g/mol. The van der Waals surface area contributed by atoms with Gasteiger partial charge in [-0.05, 0) is 25.7 Å².